The lowest BCUT2D eigenvalue weighted by atomic mass is 10.1. The Morgan fingerprint density at radius 3 is 2.59 bits per heavy atom. The first-order chi connectivity index (χ1) is 15.5. The predicted molar refractivity (Wildman–Crippen MR) is 121 cm³/mol. The van der Waals surface area contributed by atoms with E-state index in [1.54, 1.807) is 0 Å². The van der Waals surface area contributed by atoms with Crippen molar-refractivity contribution in [2.45, 2.75) is 6.92 Å². The third-order valence-corrected chi connectivity index (χ3v) is 4.86. The molecule has 0 spiro atoms. The molecule has 3 rings (SSSR count). The Balaban J connectivity index is 1.79. The number of aliphatic hydroxyl groups excluding tert-OH is 1. The summed E-state index contributed by atoms with van der Waals surface area (Å²) in [5.74, 6) is -1.30. The Labute approximate surface area is 184 Å². The molecule has 0 atom stereocenters. The van der Waals surface area contributed by atoms with Crippen molar-refractivity contribution >= 4 is 39.7 Å². The zero-order valence-electron chi connectivity index (χ0n) is 17.5. The molecule has 0 saturated carbocycles. The molecular weight excluding hydrogens is 414 g/mol. The minimum atomic E-state index is -0.878. The molecule has 9 nitrogen and oxygen atoms in total. The first kappa shape index (κ1) is 22.7. The van der Waals surface area contributed by atoms with Gasteiger partial charge in [-0.25, -0.2) is 4.79 Å². The number of rotatable bonds is 9. The van der Waals surface area contributed by atoms with Gasteiger partial charge in [-0.3, -0.25) is 14.9 Å². The second kappa shape index (κ2) is 10.4. The van der Waals surface area contributed by atoms with Gasteiger partial charge in [-0.15, -0.1) is 0 Å². The number of carbonyl (C=O) groups is 2. The maximum Gasteiger partial charge on any atom is 0.341 e. The van der Waals surface area contributed by atoms with Gasteiger partial charge in [0.25, 0.3) is 11.6 Å². The smallest absolute Gasteiger partial charge is 0.341 e. The van der Waals surface area contributed by atoms with Gasteiger partial charge in [0, 0.05) is 36.3 Å². The maximum absolute atomic E-state index is 12.9. The van der Waals surface area contributed by atoms with Crippen molar-refractivity contribution in [2.75, 3.05) is 36.5 Å². The molecule has 0 bridgehead atoms. The molecule has 0 fully saturated rings. The summed E-state index contributed by atoms with van der Waals surface area (Å²) in [6.45, 7) is 1.60. The van der Waals surface area contributed by atoms with E-state index in [0.29, 0.717) is 12.2 Å². The number of nitrogens with zero attached hydrogens (tertiary/aromatic N) is 2. The first-order valence-corrected chi connectivity index (χ1v) is 10.0. The Hall–Kier alpha value is -3.98. The van der Waals surface area contributed by atoms with Crippen molar-refractivity contribution in [3.05, 3.63) is 76.3 Å². The Morgan fingerprint density at radius 1 is 1.12 bits per heavy atom. The monoisotopic (exact) mass is 437 g/mol. The number of ether oxygens (including phenoxy) is 1. The average molecular weight is 437 g/mol. The van der Waals surface area contributed by atoms with Gasteiger partial charge in [0.05, 0.1) is 22.8 Å². The Kier molecular flexibility index (Phi) is 7.35. The summed E-state index contributed by atoms with van der Waals surface area (Å²) in [5.41, 5.74) is 0.591. The Bertz CT molecular complexity index is 1140. The summed E-state index contributed by atoms with van der Waals surface area (Å²) in [6.07, 6.45) is 0. The quantitative estimate of drug-likeness (QED) is 0.299. The number of benzene rings is 3. The SMILES string of the molecule is CCN(C(=O)COC(=O)c1cc([N+](=O)[O-])ccc1NCCO)c1cccc2ccccc12. The highest BCUT2D eigenvalue weighted by Crippen LogP contribution is 2.27. The zero-order chi connectivity index (χ0) is 23.1. The molecule has 0 saturated heterocycles. The second-order valence-electron chi connectivity index (χ2n) is 6.85. The number of hydrogen-bond donors (Lipinski definition) is 2. The number of non-ortho nitro benzene ring substituents is 1. The van der Waals surface area contributed by atoms with Gasteiger partial charge in [-0.05, 0) is 24.4 Å². The molecule has 0 aromatic heterocycles. The van der Waals surface area contributed by atoms with Crippen LogP contribution in [0.15, 0.2) is 60.7 Å². The molecule has 2 N–H and O–H groups in total. The zero-order valence-corrected chi connectivity index (χ0v) is 17.5. The van der Waals surface area contributed by atoms with E-state index in [4.69, 9.17) is 9.84 Å². The summed E-state index contributed by atoms with van der Waals surface area (Å²) < 4.78 is 5.21. The molecule has 0 aliphatic rings. The fourth-order valence-electron chi connectivity index (χ4n) is 3.37. The highest BCUT2D eigenvalue weighted by Gasteiger charge is 2.22. The Morgan fingerprint density at radius 2 is 1.88 bits per heavy atom. The summed E-state index contributed by atoms with van der Waals surface area (Å²) in [4.78, 5) is 37.5. The summed E-state index contributed by atoms with van der Waals surface area (Å²) in [7, 11) is 0. The van der Waals surface area contributed by atoms with Gasteiger partial charge >= 0.3 is 5.97 Å². The third-order valence-electron chi connectivity index (χ3n) is 4.86. The van der Waals surface area contributed by atoms with Crippen molar-refractivity contribution in [1.29, 1.82) is 0 Å². The molecular formula is C23H23N3O6. The lowest BCUT2D eigenvalue weighted by Gasteiger charge is -2.22. The predicted octanol–water partition coefficient (Wildman–Crippen LogP) is 3.36. The number of nitro groups is 1. The number of fused-ring (bicyclic) bond motifs is 1. The number of aliphatic hydroxyl groups is 1. The molecule has 3 aromatic rings. The standard InChI is InChI=1S/C23H23N3O6/c1-2-25(21-9-5-7-16-6-3-4-8-18(16)21)22(28)15-32-23(29)19-14-17(26(30)31)10-11-20(19)24-12-13-27/h3-11,14,24,27H,2,12-13,15H2,1H3. The molecule has 166 valence electrons. The number of nitrogens with one attached hydrogen (secondary N) is 1. The molecule has 1 amide bonds. The van der Waals surface area contributed by atoms with Crippen LogP contribution < -0.4 is 10.2 Å². The van der Waals surface area contributed by atoms with Crippen LogP contribution >= 0.6 is 0 Å². The topological polar surface area (TPSA) is 122 Å². The minimum absolute atomic E-state index is 0.0892. The molecule has 0 aliphatic carbocycles. The lowest BCUT2D eigenvalue weighted by molar-refractivity contribution is -0.384. The van der Waals surface area contributed by atoms with E-state index in [2.05, 4.69) is 5.32 Å². The number of esters is 1. The van der Waals surface area contributed by atoms with E-state index in [0.717, 1.165) is 16.8 Å². The van der Waals surface area contributed by atoms with Crippen LogP contribution in [0.2, 0.25) is 0 Å². The largest absolute Gasteiger partial charge is 0.452 e. The number of hydrogen-bond acceptors (Lipinski definition) is 7. The van der Waals surface area contributed by atoms with E-state index in [9.17, 15) is 19.7 Å². The lowest BCUT2D eigenvalue weighted by Crippen LogP contribution is -2.34. The highest BCUT2D eigenvalue weighted by atomic mass is 16.6. The van der Waals surface area contributed by atoms with E-state index >= 15 is 0 Å². The minimum Gasteiger partial charge on any atom is -0.452 e. The number of carbonyl (C=O) groups excluding carboxylic acids is 2. The van der Waals surface area contributed by atoms with Crippen molar-refractivity contribution in [2.24, 2.45) is 0 Å². The van der Waals surface area contributed by atoms with Gasteiger partial charge in [-0.2, -0.15) is 0 Å². The molecule has 0 heterocycles. The number of anilines is 2. The number of nitro benzene ring substituents is 1. The van der Waals surface area contributed by atoms with Crippen LogP contribution in [0.1, 0.15) is 17.3 Å². The highest BCUT2D eigenvalue weighted by molar-refractivity contribution is 6.05. The van der Waals surface area contributed by atoms with Crippen molar-refractivity contribution in [3.63, 3.8) is 0 Å². The van der Waals surface area contributed by atoms with E-state index in [-0.39, 0.29) is 30.1 Å². The second-order valence-corrected chi connectivity index (χ2v) is 6.85. The summed E-state index contributed by atoms with van der Waals surface area (Å²) >= 11 is 0. The maximum atomic E-state index is 12.9. The van der Waals surface area contributed by atoms with Gasteiger partial charge in [0.2, 0.25) is 0 Å². The fraction of sp³-hybridized carbons (Fsp3) is 0.217. The van der Waals surface area contributed by atoms with E-state index < -0.39 is 23.4 Å². The van der Waals surface area contributed by atoms with Crippen LogP contribution in [-0.4, -0.2) is 48.2 Å². The van der Waals surface area contributed by atoms with Crippen LogP contribution in [0.4, 0.5) is 17.1 Å². The van der Waals surface area contributed by atoms with Crippen LogP contribution in [-0.2, 0) is 9.53 Å². The van der Waals surface area contributed by atoms with Crippen LogP contribution in [0.25, 0.3) is 10.8 Å². The van der Waals surface area contributed by atoms with Gasteiger partial charge in [0.1, 0.15) is 0 Å². The molecule has 0 aliphatic heterocycles. The molecule has 32 heavy (non-hydrogen) atoms. The molecule has 3 aromatic carbocycles. The first-order valence-electron chi connectivity index (χ1n) is 10.0. The number of likely N-dealkylation sites (N-methyl/N-ethyl adjacent to an activating group) is 1. The third kappa shape index (κ3) is 5.01. The molecule has 9 heteroatoms. The van der Waals surface area contributed by atoms with E-state index in [1.807, 2.05) is 49.4 Å². The van der Waals surface area contributed by atoms with Gasteiger partial charge < -0.3 is 20.1 Å². The van der Waals surface area contributed by atoms with E-state index in [1.165, 1.54) is 17.0 Å². The number of amides is 1. The average Bonchev–Trinajstić information content (AvgIpc) is 2.81. The van der Waals surface area contributed by atoms with Crippen LogP contribution in [0.3, 0.4) is 0 Å². The fourth-order valence-corrected chi connectivity index (χ4v) is 3.37. The molecule has 0 radical (unpaired) electrons. The van der Waals surface area contributed by atoms with Gasteiger partial charge in [0.15, 0.2) is 6.61 Å². The van der Waals surface area contributed by atoms with Crippen molar-refractivity contribution < 1.29 is 24.4 Å². The van der Waals surface area contributed by atoms with Crippen LogP contribution in [0.5, 0.6) is 0 Å². The normalized spacial score (nSPS) is 10.6. The van der Waals surface area contributed by atoms with Crippen LogP contribution in [0, 0.1) is 10.1 Å². The summed E-state index contributed by atoms with van der Waals surface area (Å²) in [6, 6.07) is 16.9. The summed E-state index contributed by atoms with van der Waals surface area (Å²) in [5, 5.41) is 24.8. The van der Waals surface area contributed by atoms with Crippen molar-refractivity contribution in [1.82, 2.24) is 0 Å². The van der Waals surface area contributed by atoms with Crippen molar-refractivity contribution in [3.8, 4) is 0 Å². The van der Waals surface area contributed by atoms with Gasteiger partial charge in [-0.1, -0.05) is 36.4 Å². The molecule has 0 unspecified atom stereocenters.